The van der Waals surface area contributed by atoms with Crippen molar-refractivity contribution in [1.29, 1.82) is 0 Å². The first-order valence-electron chi connectivity index (χ1n) is 8.41. The van der Waals surface area contributed by atoms with E-state index in [2.05, 4.69) is 17.4 Å². The summed E-state index contributed by atoms with van der Waals surface area (Å²) in [5.41, 5.74) is 8.67. The minimum atomic E-state index is -0.156. The van der Waals surface area contributed by atoms with Crippen molar-refractivity contribution in [3.05, 3.63) is 35.4 Å². The lowest BCUT2D eigenvalue weighted by atomic mass is 10.0. The Labute approximate surface area is 137 Å². The van der Waals surface area contributed by atoms with Crippen molar-refractivity contribution >= 4 is 11.8 Å². The number of hydrogen-bond donors (Lipinski definition) is 2. The molecule has 1 aliphatic heterocycles. The van der Waals surface area contributed by atoms with Gasteiger partial charge in [0.1, 0.15) is 0 Å². The predicted molar refractivity (Wildman–Crippen MR) is 88.7 cm³/mol. The summed E-state index contributed by atoms with van der Waals surface area (Å²) in [5, 5.41) is 3.18. The topological polar surface area (TPSA) is 75.4 Å². The van der Waals surface area contributed by atoms with E-state index in [0.29, 0.717) is 13.1 Å². The van der Waals surface area contributed by atoms with Crippen LogP contribution in [-0.4, -0.2) is 41.9 Å². The van der Waals surface area contributed by atoms with Gasteiger partial charge in [-0.3, -0.25) is 9.59 Å². The molecule has 23 heavy (non-hydrogen) atoms. The van der Waals surface area contributed by atoms with Gasteiger partial charge in [0.25, 0.3) is 0 Å². The van der Waals surface area contributed by atoms with Gasteiger partial charge in [0.2, 0.25) is 11.8 Å². The van der Waals surface area contributed by atoms with E-state index in [1.807, 2.05) is 12.1 Å². The molecule has 5 nitrogen and oxygen atoms in total. The van der Waals surface area contributed by atoms with Crippen molar-refractivity contribution in [2.45, 2.75) is 44.7 Å². The zero-order chi connectivity index (χ0) is 16.4. The lowest BCUT2D eigenvalue weighted by Crippen LogP contribution is -2.44. The molecule has 2 aliphatic rings. The molecule has 1 aromatic rings. The minimum absolute atomic E-state index is 0.00609. The van der Waals surface area contributed by atoms with Crippen LogP contribution < -0.4 is 11.1 Å². The van der Waals surface area contributed by atoms with Gasteiger partial charge in [-0.15, -0.1) is 0 Å². The largest absolute Gasteiger partial charge is 0.352 e. The number of amides is 2. The molecule has 0 saturated carbocycles. The molecule has 3 N–H and O–H groups in total. The van der Waals surface area contributed by atoms with Crippen LogP contribution in [0.5, 0.6) is 0 Å². The Morgan fingerprint density at radius 1 is 1.13 bits per heavy atom. The molecule has 124 valence electrons. The van der Waals surface area contributed by atoms with Gasteiger partial charge >= 0.3 is 0 Å². The molecular formula is C18H25N3O2. The summed E-state index contributed by atoms with van der Waals surface area (Å²) in [6, 6.07) is 8.48. The maximum absolute atomic E-state index is 12.6. The molecule has 1 saturated heterocycles. The number of carbonyl (C=O) groups is 2. The number of hydrogen-bond acceptors (Lipinski definition) is 3. The lowest BCUT2D eigenvalue weighted by molar-refractivity contribution is -0.131. The zero-order valence-electron chi connectivity index (χ0n) is 13.6. The third-order valence-corrected chi connectivity index (χ3v) is 5.00. The Bertz CT molecular complexity index is 577. The number of nitrogens with two attached hydrogens (primary N) is 1. The standard InChI is InChI=1S/C18H25N3O2/c1-12(22)21-10-15(6-7-16(19)11-21)18(23)20-17-8-13-4-2-3-5-14(13)9-17/h2-5,15-17H,6-11,19H2,1H3,(H,20,23)/t15-,16+/m1/s1. The molecule has 0 aromatic heterocycles. The first kappa shape index (κ1) is 16.0. The molecule has 0 bridgehead atoms. The van der Waals surface area contributed by atoms with E-state index in [0.717, 1.165) is 25.7 Å². The van der Waals surface area contributed by atoms with Crippen LogP contribution in [0.25, 0.3) is 0 Å². The molecule has 2 amide bonds. The van der Waals surface area contributed by atoms with Crippen LogP contribution in [0.3, 0.4) is 0 Å². The average molecular weight is 315 g/mol. The third kappa shape index (κ3) is 3.72. The molecule has 1 aromatic carbocycles. The summed E-state index contributed by atoms with van der Waals surface area (Å²) in [6.07, 6.45) is 3.32. The second-order valence-corrected chi connectivity index (χ2v) is 6.84. The number of rotatable bonds is 2. The fourth-order valence-electron chi connectivity index (χ4n) is 3.67. The second-order valence-electron chi connectivity index (χ2n) is 6.84. The van der Waals surface area contributed by atoms with Crippen molar-refractivity contribution < 1.29 is 9.59 Å². The van der Waals surface area contributed by atoms with Gasteiger partial charge in [-0.2, -0.15) is 0 Å². The van der Waals surface area contributed by atoms with Crippen molar-refractivity contribution in [3.63, 3.8) is 0 Å². The van der Waals surface area contributed by atoms with Gasteiger partial charge in [0.15, 0.2) is 0 Å². The van der Waals surface area contributed by atoms with E-state index in [1.54, 1.807) is 11.8 Å². The molecule has 2 atom stereocenters. The predicted octanol–water partition coefficient (Wildman–Crippen LogP) is 0.856. The van der Waals surface area contributed by atoms with Crippen LogP contribution in [0.2, 0.25) is 0 Å². The van der Waals surface area contributed by atoms with Gasteiger partial charge < -0.3 is 16.0 Å². The van der Waals surface area contributed by atoms with E-state index < -0.39 is 0 Å². The first-order valence-corrected chi connectivity index (χ1v) is 8.41. The van der Waals surface area contributed by atoms with Crippen molar-refractivity contribution in [2.75, 3.05) is 13.1 Å². The highest BCUT2D eigenvalue weighted by Gasteiger charge is 2.30. The van der Waals surface area contributed by atoms with Gasteiger partial charge in [0, 0.05) is 32.1 Å². The molecule has 1 fully saturated rings. The smallest absolute Gasteiger partial charge is 0.225 e. The Morgan fingerprint density at radius 3 is 2.39 bits per heavy atom. The maximum Gasteiger partial charge on any atom is 0.225 e. The Morgan fingerprint density at radius 2 is 1.78 bits per heavy atom. The van der Waals surface area contributed by atoms with Gasteiger partial charge in [-0.05, 0) is 36.8 Å². The van der Waals surface area contributed by atoms with Gasteiger partial charge in [-0.25, -0.2) is 0 Å². The number of fused-ring (bicyclic) bond motifs is 1. The van der Waals surface area contributed by atoms with Crippen molar-refractivity contribution in [2.24, 2.45) is 11.7 Å². The summed E-state index contributed by atoms with van der Waals surface area (Å²) in [6.45, 7) is 2.57. The van der Waals surface area contributed by atoms with Gasteiger partial charge in [0.05, 0.1) is 5.92 Å². The van der Waals surface area contributed by atoms with E-state index in [9.17, 15) is 9.59 Å². The molecule has 5 heteroatoms. The molecule has 1 heterocycles. The SMILES string of the molecule is CC(=O)N1C[C@@H](N)CC[C@@H](C(=O)NC2Cc3ccccc3C2)C1. The average Bonchev–Trinajstić information content (AvgIpc) is 2.80. The fraction of sp³-hybridized carbons (Fsp3) is 0.556. The Balaban J connectivity index is 1.61. The molecule has 0 radical (unpaired) electrons. The van der Waals surface area contributed by atoms with Crippen LogP contribution in [0, 0.1) is 5.92 Å². The van der Waals surface area contributed by atoms with E-state index in [1.165, 1.54) is 11.1 Å². The minimum Gasteiger partial charge on any atom is -0.352 e. The van der Waals surface area contributed by atoms with Crippen LogP contribution >= 0.6 is 0 Å². The lowest BCUT2D eigenvalue weighted by Gasteiger charge is -2.24. The van der Waals surface area contributed by atoms with E-state index in [-0.39, 0.29) is 29.8 Å². The quantitative estimate of drug-likeness (QED) is 0.850. The van der Waals surface area contributed by atoms with Crippen molar-refractivity contribution in [3.8, 4) is 0 Å². The molecule has 1 aliphatic carbocycles. The van der Waals surface area contributed by atoms with Crippen LogP contribution in [0.1, 0.15) is 30.9 Å². The normalized spacial score (nSPS) is 24.9. The van der Waals surface area contributed by atoms with E-state index in [4.69, 9.17) is 5.73 Å². The summed E-state index contributed by atoms with van der Waals surface area (Å²) in [4.78, 5) is 26.1. The number of nitrogens with one attached hydrogen (secondary N) is 1. The molecular weight excluding hydrogens is 290 g/mol. The van der Waals surface area contributed by atoms with Crippen LogP contribution in [-0.2, 0) is 22.4 Å². The van der Waals surface area contributed by atoms with Crippen molar-refractivity contribution in [1.82, 2.24) is 10.2 Å². The van der Waals surface area contributed by atoms with Crippen LogP contribution in [0.15, 0.2) is 24.3 Å². The first-order chi connectivity index (χ1) is 11.0. The highest BCUT2D eigenvalue weighted by atomic mass is 16.2. The third-order valence-electron chi connectivity index (χ3n) is 5.00. The Kier molecular flexibility index (Phi) is 4.66. The van der Waals surface area contributed by atoms with E-state index >= 15 is 0 Å². The summed E-state index contributed by atoms with van der Waals surface area (Å²) in [7, 11) is 0. The van der Waals surface area contributed by atoms with Crippen LogP contribution in [0.4, 0.5) is 0 Å². The molecule has 0 spiro atoms. The Hall–Kier alpha value is -1.88. The number of benzene rings is 1. The second kappa shape index (κ2) is 6.71. The number of nitrogens with zero attached hydrogens (tertiary/aromatic N) is 1. The fourth-order valence-corrected chi connectivity index (χ4v) is 3.67. The van der Waals surface area contributed by atoms with Gasteiger partial charge in [-0.1, -0.05) is 24.3 Å². The highest BCUT2D eigenvalue weighted by Crippen LogP contribution is 2.23. The highest BCUT2D eigenvalue weighted by molar-refractivity contribution is 5.81. The summed E-state index contributed by atoms with van der Waals surface area (Å²) < 4.78 is 0. The maximum atomic E-state index is 12.6. The summed E-state index contributed by atoms with van der Waals surface area (Å²) in [5.74, 6) is -0.104. The zero-order valence-corrected chi connectivity index (χ0v) is 13.6. The molecule has 3 rings (SSSR count). The number of carbonyl (C=O) groups excluding carboxylic acids is 2. The summed E-state index contributed by atoms with van der Waals surface area (Å²) >= 11 is 0. The number of likely N-dealkylation sites (tertiary alicyclic amines) is 1. The monoisotopic (exact) mass is 315 g/mol. The molecule has 0 unspecified atom stereocenters.